The lowest BCUT2D eigenvalue weighted by Crippen LogP contribution is -2.14. The first-order valence-electron chi connectivity index (χ1n) is 6.20. The number of ether oxygens (including phenoxy) is 2. The summed E-state index contributed by atoms with van der Waals surface area (Å²) in [6.45, 7) is 2.06. The van der Waals surface area contributed by atoms with Crippen molar-refractivity contribution in [3.8, 4) is 11.5 Å². The third-order valence-electron chi connectivity index (χ3n) is 3.30. The Morgan fingerprint density at radius 1 is 0.947 bits per heavy atom. The van der Waals surface area contributed by atoms with E-state index in [1.807, 2.05) is 36.4 Å². The molecule has 0 amide bonds. The highest BCUT2D eigenvalue weighted by Crippen LogP contribution is 2.32. The molecule has 0 radical (unpaired) electrons. The molecule has 100 valence electrons. The van der Waals surface area contributed by atoms with Gasteiger partial charge in [-0.15, -0.1) is 0 Å². The predicted molar refractivity (Wildman–Crippen MR) is 76.8 cm³/mol. The van der Waals surface area contributed by atoms with Crippen LogP contribution in [0.5, 0.6) is 11.5 Å². The van der Waals surface area contributed by atoms with E-state index in [2.05, 4.69) is 13.0 Å². The summed E-state index contributed by atoms with van der Waals surface area (Å²) in [5.41, 5.74) is 9.57. The fraction of sp³-hybridized carbons (Fsp3) is 0.250. The second kappa shape index (κ2) is 5.76. The average molecular weight is 257 g/mol. The van der Waals surface area contributed by atoms with Gasteiger partial charge in [0.05, 0.1) is 20.3 Å². The zero-order valence-electron chi connectivity index (χ0n) is 11.5. The van der Waals surface area contributed by atoms with Crippen LogP contribution >= 0.6 is 0 Å². The van der Waals surface area contributed by atoms with E-state index in [0.29, 0.717) is 0 Å². The maximum absolute atomic E-state index is 6.38. The van der Waals surface area contributed by atoms with Crippen molar-refractivity contribution < 1.29 is 9.47 Å². The van der Waals surface area contributed by atoms with Crippen LogP contribution in [0, 0.1) is 6.92 Å². The maximum Gasteiger partial charge on any atom is 0.124 e. The van der Waals surface area contributed by atoms with Crippen LogP contribution in [-0.4, -0.2) is 14.2 Å². The molecule has 1 unspecified atom stereocenters. The van der Waals surface area contributed by atoms with Crippen LogP contribution in [0.3, 0.4) is 0 Å². The molecular formula is C16H19NO2. The van der Waals surface area contributed by atoms with Crippen molar-refractivity contribution in [3.63, 3.8) is 0 Å². The molecule has 0 saturated heterocycles. The van der Waals surface area contributed by atoms with E-state index in [4.69, 9.17) is 15.2 Å². The van der Waals surface area contributed by atoms with Crippen molar-refractivity contribution in [2.75, 3.05) is 14.2 Å². The van der Waals surface area contributed by atoms with Gasteiger partial charge < -0.3 is 15.2 Å². The Kier molecular flexibility index (Phi) is 4.07. The van der Waals surface area contributed by atoms with Crippen LogP contribution in [0.4, 0.5) is 0 Å². The minimum absolute atomic E-state index is 0.230. The summed E-state index contributed by atoms with van der Waals surface area (Å²) in [5.74, 6) is 1.55. The lowest BCUT2D eigenvalue weighted by atomic mass is 9.95. The summed E-state index contributed by atoms with van der Waals surface area (Å²) in [6, 6.07) is 13.5. The molecule has 0 saturated carbocycles. The Bertz CT molecular complexity index is 566. The molecule has 0 aliphatic carbocycles. The number of rotatable bonds is 4. The molecule has 2 aromatic carbocycles. The van der Waals surface area contributed by atoms with Crippen molar-refractivity contribution in [2.24, 2.45) is 5.73 Å². The highest BCUT2D eigenvalue weighted by molar-refractivity contribution is 5.47. The molecule has 0 aliphatic rings. The standard InChI is InChI=1S/C16H19NO2/c1-11-6-4-5-7-13(11)16(17)14-10-12(18-2)8-9-15(14)19-3/h4-10,16H,17H2,1-3H3. The molecule has 2 rings (SSSR count). The van der Waals surface area contributed by atoms with E-state index < -0.39 is 0 Å². The molecule has 0 fully saturated rings. The highest BCUT2D eigenvalue weighted by Gasteiger charge is 2.16. The van der Waals surface area contributed by atoms with Gasteiger partial charge in [0.2, 0.25) is 0 Å². The topological polar surface area (TPSA) is 44.5 Å². The molecule has 2 N–H and O–H groups in total. The normalized spacial score (nSPS) is 12.0. The Balaban J connectivity index is 2.48. The Morgan fingerprint density at radius 3 is 2.32 bits per heavy atom. The minimum Gasteiger partial charge on any atom is -0.497 e. The van der Waals surface area contributed by atoms with Crippen LogP contribution in [0.2, 0.25) is 0 Å². The molecule has 0 aromatic heterocycles. The second-order valence-electron chi connectivity index (χ2n) is 4.44. The van der Waals surface area contributed by atoms with Gasteiger partial charge in [0.25, 0.3) is 0 Å². The van der Waals surface area contributed by atoms with Crippen LogP contribution in [0.1, 0.15) is 22.7 Å². The quantitative estimate of drug-likeness (QED) is 0.915. The van der Waals surface area contributed by atoms with Crippen LogP contribution < -0.4 is 15.2 Å². The summed E-state index contributed by atoms with van der Waals surface area (Å²) in [7, 11) is 3.29. The number of nitrogens with two attached hydrogens (primary N) is 1. The van der Waals surface area contributed by atoms with Crippen molar-refractivity contribution in [1.82, 2.24) is 0 Å². The fourth-order valence-corrected chi connectivity index (χ4v) is 2.19. The smallest absolute Gasteiger partial charge is 0.124 e. The Morgan fingerprint density at radius 2 is 1.68 bits per heavy atom. The monoisotopic (exact) mass is 257 g/mol. The van der Waals surface area contributed by atoms with Gasteiger partial charge in [0, 0.05) is 5.56 Å². The van der Waals surface area contributed by atoms with Crippen molar-refractivity contribution >= 4 is 0 Å². The zero-order valence-corrected chi connectivity index (χ0v) is 11.5. The highest BCUT2D eigenvalue weighted by atomic mass is 16.5. The number of hydrogen-bond donors (Lipinski definition) is 1. The molecular weight excluding hydrogens is 238 g/mol. The lowest BCUT2D eigenvalue weighted by molar-refractivity contribution is 0.397. The number of benzene rings is 2. The van der Waals surface area contributed by atoms with Crippen LogP contribution in [0.15, 0.2) is 42.5 Å². The number of hydrogen-bond acceptors (Lipinski definition) is 3. The van der Waals surface area contributed by atoms with Crippen LogP contribution in [-0.2, 0) is 0 Å². The van der Waals surface area contributed by atoms with Crippen molar-refractivity contribution in [1.29, 1.82) is 0 Å². The summed E-state index contributed by atoms with van der Waals surface area (Å²) in [4.78, 5) is 0. The van der Waals surface area contributed by atoms with Crippen molar-refractivity contribution in [3.05, 3.63) is 59.2 Å². The summed E-state index contributed by atoms with van der Waals surface area (Å²) >= 11 is 0. The van der Waals surface area contributed by atoms with Gasteiger partial charge in [0.15, 0.2) is 0 Å². The average Bonchev–Trinajstić information content (AvgIpc) is 2.46. The zero-order chi connectivity index (χ0) is 13.8. The van der Waals surface area contributed by atoms with Gasteiger partial charge in [0.1, 0.15) is 11.5 Å². The molecule has 3 heteroatoms. The van der Waals surface area contributed by atoms with Gasteiger partial charge in [-0.3, -0.25) is 0 Å². The van der Waals surface area contributed by atoms with E-state index in [0.717, 1.165) is 22.6 Å². The molecule has 1 atom stereocenters. The number of methoxy groups -OCH3 is 2. The number of aryl methyl sites for hydroxylation is 1. The molecule has 0 spiro atoms. The lowest BCUT2D eigenvalue weighted by Gasteiger charge is -2.18. The molecule has 19 heavy (non-hydrogen) atoms. The summed E-state index contributed by atoms with van der Waals surface area (Å²) < 4.78 is 10.7. The minimum atomic E-state index is -0.230. The van der Waals surface area contributed by atoms with Gasteiger partial charge in [-0.25, -0.2) is 0 Å². The van der Waals surface area contributed by atoms with Gasteiger partial charge in [-0.05, 0) is 36.2 Å². The Hall–Kier alpha value is -2.00. The van der Waals surface area contributed by atoms with E-state index in [1.165, 1.54) is 5.56 Å². The van der Waals surface area contributed by atoms with Gasteiger partial charge >= 0.3 is 0 Å². The third-order valence-corrected chi connectivity index (χ3v) is 3.30. The fourth-order valence-electron chi connectivity index (χ4n) is 2.19. The maximum atomic E-state index is 6.38. The predicted octanol–water partition coefficient (Wildman–Crippen LogP) is 3.06. The molecule has 0 heterocycles. The van der Waals surface area contributed by atoms with E-state index in [-0.39, 0.29) is 6.04 Å². The first kappa shape index (κ1) is 13.4. The molecule has 0 bridgehead atoms. The van der Waals surface area contributed by atoms with E-state index >= 15 is 0 Å². The molecule has 0 aliphatic heterocycles. The molecule has 2 aromatic rings. The molecule has 3 nitrogen and oxygen atoms in total. The van der Waals surface area contributed by atoms with Crippen molar-refractivity contribution in [2.45, 2.75) is 13.0 Å². The van der Waals surface area contributed by atoms with Gasteiger partial charge in [-0.2, -0.15) is 0 Å². The SMILES string of the molecule is COc1ccc(OC)c(C(N)c2ccccc2C)c1. The van der Waals surface area contributed by atoms with E-state index in [1.54, 1.807) is 14.2 Å². The van der Waals surface area contributed by atoms with Gasteiger partial charge in [-0.1, -0.05) is 24.3 Å². The van der Waals surface area contributed by atoms with E-state index in [9.17, 15) is 0 Å². The second-order valence-corrected chi connectivity index (χ2v) is 4.44. The third kappa shape index (κ3) is 2.71. The largest absolute Gasteiger partial charge is 0.497 e. The van der Waals surface area contributed by atoms with Crippen LogP contribution in [0.25, 0.3) is 0 Å². The Labute approximate surface area is 114 Å². The first-order valence-corrected chi connectivity index (χ1v) is 6.20. The summed E-state index contributed by atoms with van der Waals surface area (Å²) in [5, 5.41) is 0. The summed E-state index contributed by atoms with van der Waals surface area (Å²) in [6.07, 6.45) is 0. The first-order chi connectivity index (χ1) is 9.17.